The molecule has 2 heterocycles. The Morgan fingerprint density at radius 2 is 2.04 bits per heavy atom. The number of carbonyl (C=O) groups is 2. The first kappa shape index (κ1) is 15.3. The minimum absolute atomic E-state index is 0.304. The molecule has 1 aliphatic carbocycles. The van der Waals surface area contributed by atoms with Crippen LogP contribution in [-0.2, 0) is 28.8 Å². The van der Waals surface area contributed by atoms with Crippen LogP contribution < -0.4 is 5.32 Å². The third kappa shape index (κ3) is 2.94. The molecule has 1 aromatic heterocycles. The molecule has 4 rings (SSSR count). The van der Waals surface area contributed by atoms with Gasteiger partial charge in [-0.15, -0.1) is 11.3 Å². The van der Waals surface area contributed by atoms with Crippen molar-refractivity contribution in [3.8, 4) is 0 Å². The van der Waals surface area contributed by atoms with E-state index in [4.69, 9.17) is 4.74 Å². The van der Waals surface area contributed by atoms with Crippen molar-refractivity contribution in [1.29, 1.82) is 0 Å². The second-order valence-electron chi connectivity index (χ2n) is 6.19. The van der Waals surface area contributed by atoms with Crippen molar-refractivity contribution < 1.29 is 14.3 Å². The predicted octanol–water partition coefficient (Wildman–Crippen LogP) is 3.13. The molecule has 1 amide bonds. The van der Waals surface area contributed by atoms with Crippen molar-refractivity contribution in [2.45, 2.75) is 44.6 Å². The van der Waals surface area contributed by atoms with Gasteiger partial charge in [0.15, 0.2) is 11.2 Å². The maximum absolute atomic E-state index is 12.5. The molecule has 1 aromatic carbocycles. The number of amides is 1. The number of thiazole rings is 1. The number of aromatic nitrogens is 1. The van der Waals surface area contributed by atoms with Gasteiger partial charge < -0.3 is 4.74 Å². The van der Waals surface area contributed by atoms with Crippen molar-refractivity contribution in [1.82, 2.24) is 4.98 Å². The van der Waals surface area contributed by atoms with E-state index in [0.717, 1.165) is 30.5 Å². The Bertz CT molecular complexity index is 776. The summed E-state index contributed by atoms with van der Waals surface area (Å²) in [6.45, 7) is 0. The number of esters is 1. The number of fused-ring (bicyclic) bond motifs is 2. The predicted molar refractivity (Wildman–Crippen MR) is 91.4 cm³/mol. The molecule has 1 N–H and O–H groups in total. The standard InChI is InChI=1S/C18H18N2O3S/c21-16(14-10-11-6-4-5-7-12(11)17(22)23-14)20-18-19-13-8-2-1-3-9-15(13)24-18/h4-7,14H,1-3,8-10H2,(H,19,20,21)/t14-/m0/s1. The molecule has 0 unspecified atom stereocenters. The third-order valence-corrected chi connectivity index (χ3v) is 5.58. The van der Waals surface area contributed by atoms with Gasteiger partial charge >= 0.3 is 5.97 Å². The van der Waals surface area contributed by atoms with Gasteiger partial charge in [0.2, 0.25) is 0 Å². The fourth-order valence-corrected chi connectivity index (χ4v) is 4.30. The van der Waals surface area contributed by atoms with E-state index in [1.165, 1.54) is 17.7 Å². The summed E-state index contributed by atoms with van der Waals surface area (Å²) < 4.78 is 5.29. The Balaban J connectivity index is 1.48. The Morgan fingerprint density at radius 1 is 1.21 bits per heavy atom. The number of carbonyl (C=O) groups excluding carboxylic acids is 2. The van der Waals surface area contributed by atoms with Gasteiger partial charge in [-0.3, -0.25) is 10.1 Å². The SMILES string of the molecule is O=C1O[C@H](C(=O)Nc2nc3c(s2)CCCCC3)Cc2ccccc21. The summed E-state index contributed by atoms with van der Waals surface area (Å²) in [5.74, 6) is -0.742. The average molecular weight is 342 g/mol. The van der Waals surface area contributed by atoms with Crippen molar-refractivity contribution in [2.75, 3.05) is 5.32 Å². The molecule has 0 radical (unpaired) electrons. The Hall–Kier alpha value is -2.21. The zero-order chi connectivity index (χ0) is 16.5. The lowest BCUT2D eigenvalue weighted by Crippen LogP contribution is -2.37. The number of anilines is 1. The largest absolute Gasteiger partial charge is 0.448 e. The van der Waals surface area contributed by atoms with E-state index in [2.05, 4.69) is 10.3 Å². The van der Waals surface area contributed by atoms with Crippen LogP contribution >= 0.6 is 11.3 Å². The lowest BCUT2D eigenvalue weighted by molar-refractivity contribution is -0.125. The zero-order valence-electron chi connectivity index (χ0n) is 13.2. The van der Waals surface area contributed by atoms with Gasteiger partial charge in [0.05, 0.1) is 11.3 Å². The van der Waals surface area contributed by atoms with E-state index in [0.29, 0.717) is 17.1 Å². The van der Waals surface area contributed by atoms with E-state index in [-0.39, 0.29) is 5.91 Å². The fourth-order valence-electron chi connectivity index (χ4n) is 3.25. The van der Waals surface area contributed by atoms with Gasteiger partial charge in [0, 0.05) is 11.3 Å². The molecule has 0 bridgehead atoms. The number of nitrogens with one attached hydrogen (secondary N) is 1. The second-order valence-corrected chi connectivity index (χ2v) is 7.28. The summed E-state index contributed by atoms with van der Waals surface area (Å²) in [7, 11) is 0. The zero-order valence-corrected chi connectivity index (χ0v) is 14.0. The summed E-state index contributed by atoms with van der Waals surface area (Å²) in [5.41, 5.74) is 2.50. The van der Waals surface area contributed by atoms with Gasteiger partial charge in [0.25, 0.3) is 5.91 Å². The fraction of sp³-hybridized carbons (Fsp3) is 0.389. The topological polar surface area (TPSA) is 68.3 Å². The van der Waals surface area contributed by atoms with E-state index in [1.807, 2.05) is 12.1 Å². The van der Waals surface area contributed by atoms with Crippen molar-refractivity contribution in [2.24, 2.45) is 0 Å². The molecule has 0 saturated carbocycles. The van der Waals surface area contributed by atoms with Gasteiger partial charge in [0.1, 0.15) is 0 Å². The first-order chi connectivity index (χ1) is 11.7. The second kappa shape index (κ2) is 6.36. The molecule has 2 aromatic rings. The van der Waals surface area contributed by atoms with Crippen LogP contribution in [0.4, 0.5) is 5.13 Å². The van der Waals surface area contributed by atoms with Gasteiger partial charge in [-0.25, -0.2) is 9.78 Å². The van der Waals surface area contributed by atoms with Crippen LogP contribution in [0.2, 0.25) is 0 Å². The van der Waals surface area contributed by atoms with E-state index >= 15 is 0 Å². The Kier molecular flexibility index (Phi) is 4.06. The molecule has 6 heteroatoms. The first-order valence-corrected chi connectivity index (χ1v) is 9.10. The number of rotatable bonds is 2. The summed E-state index contributed by atoms with van der Waals surface area (Å²) in [6, 6.07) is 7.25. The highest BCUT2D eigenvalue weighted by Gasteiger charge is 2.31. The number of hydrogen-bond donors (Lipinski definition) is 1. The lowest BCUT2D eigenvalue weighted by atomic mass is 9.98. The lowest BCUT2D eigenvalue weighted by Gasteiger charge is -2.23. The summed E-state index contributed by atoms with van der Waals surface area (Å²) in [6.07, 6.45) is 5.19. The van der Waals surface area contributed by atoms with Crippen molar-refractivity contribution in [3.05, 3.63) is 46.0 Å². The number of hydrogen-bond acceptors (Lipinski definition) is 5. The molecular formula is C18H18N2O3S. The first-order valence-electron chi connectivity index (χ1n) is 8.29. The smallest absolute Gasteiger partial charge is 0.339 e. The maximum Gasteiger partial charge on any atom is 0.339 e. The minimum atomic E-state index is -0.795. The number of benzene rings is 1. The molecule has 1 atom stereocenters. The monoisotopic (exact) mass is 342 g/mol. The molecule has 24 heavy (non-hydrogen) atoms. The van der Waals surface area contributed by atoms with Crippen molar-refractivity contribution in [3.63, 3.8) is 0 Å². The normalized spacial score (nSPS) is 19.7. The number of cyclic esters (lactones) is 1. The van der Waals surface area contributed by atoms with E-state index in [9.17, 15) is 9.59 Å². The van der Waals surface area contributed by atoms with Crippen LogP contribution in [0, 0.1) is 0 Å². The highest BCUT2D eigenvalue weighted by molar-refractivity contribution is 7.15. The number of nitrogens with zero attached hydrogens (tertiary/aromatic N) is 1. The third-order valence-electron chi connectivity index (χ3n) is 4.51. The summed E-state index contributed by atoms with van der Waals surface area (Å²) >= 11 is 1.54. The molecule has 2 aliphatic rings. The summed E-state index contributed by atoms with van der Waals surface area (Å²) in [4.78, 5) is 30.3. The van der Waals surface area contributed by atoms with Crippen LogP contribution in [0.3, 0.4) is 0 Å². The van der Waals surface area contributed by atoms with Crippen LogP contribution in [0.15, 0.2) is 24.3 Å². The molecule has 0 fully saturated rings. The quantitative estimate of drug-likeness (QED) is 0.672. The van der Waals surface area contributed by atoms with Crippen molar-refractivity contribution >= 4 is 28.3 Å². The highest BCUT2D eigenvalue weighted by atomic mass is 32.1. The van der Waals surface area contributed by atoms with Crippen LogP contribution in [0.25, 0.3) is 0 Å². The maximum atomic E-state index is 12.5. The highest BCUT2D eigenvalue weighted by Crippen LogP contribution is 2.29. The van der Waals surface area contributed by atoms with Gasteiger partial charge in [-0.2, -0.15) is 0 Å². The van der Waals surface area contributed by atoms with Gasteiger partial charge in [-0.1, -0.05) is 24.6 Å². The van der Waals surface area contributed by atoms with Crippen LogP contribution in [0.1, 0.15) is 45.8 Å². The molecule has 0 spiro atoms. The Labute approximate surface area is 144 Å². The number of ether oxygens (including phenoxy) is 1. The van der Waals surface area contributed by atoms with E-state index < -0.39 is 12.1 Å². The number of aryl methyl sites for hydroxylation is 2. The molecule has 124 valence electrons. The van der Waals surface area contributed by atoms with Crippen LogP contribution in [0.5, 0.6) is 0 Å². The van der Waals surface area contributed by atoms with Crippen LogP contribution in [-0.4, -0.2) is 23.0 Å². The molecule has 1 aliphatic heterocycles. The van der Waals surface area contributed by atoms with Gasteiger partial charge in [-0.05, 0) is 37.3 Å². The van der Waals surface area contributed by atoms with E-state index in [1.54, 1.807) is 23.5 Å². The Morgan fingerprint density at radius 3 is 2.96 bits per heavy atom. The molecular weight excluding hydrogens is 324 g/mol. The summed E-state index contributed by atoms with van der Waals surface area (Å²) in [5, 5.41) is 3.44. The average Bonchev–Trinajstić information content (AvgIpc) is 2.83. The minimum Gasteiger partial charge on any atom is -0.448 e. The molecule has 5 nitrogen and oxygen atoms in total. The molecule has 0 saturated heterocycles.